The summed E-state index contributed by atoms with van der Waals surface area (Å²) in [6.45, 7) is 1.50. The predicted molar refractivity (Wildman–Crippen MR) is 94.4 cm³/mol. The lowest BCUT2D eigenvalue weighted by Gasteiger charge is -2.36. The van der Waals surface area contributed by atoms with E-state index in [0.717, 1.165) is 18.9 Å². The van der Waals surface area contributed by atoms with Gasteiger partial charge < -0.3 is 9.80 Å². The van der Waals surface area contributed by atoms with Crippen molar-refractivity contribution in [3.63, 3.8) is 0 Å². The third-order valence-electron chi connectivity index (χ3n) is 5.21. The van der Waals surface area contributed by atoms with Crippen LogP contribution in [-0.2, 0) is 17.5 Å². The average molecular weight is 396 g/mol. The second kappa shape index (κ2) is 7.10. The van der Waals surface area contributed by atoms with Crippen molar-refractivity contribution in [1.29, 1.82) is 0 Å². The Morgan fingerprint density at radius 1 is 1.11 bits per heavy atom. The molecule has 28 heavy (non-hydrogen) atoms. The zero-order valence-electron chi connectivity index (χ0n) is 15.1. The van der Waals surface area contributed by atoms with Crippen molar-refractivity contribution in [2.75, 3.05) is 31.1 Å². The van der Waals surface area contributed by atoms with E-state index in [0.29, 0.717) is 37.6 Å². The standard InChI is InChI=1S/C19H20F4N4O/c20-14-3-1-2-4-15(14)25-7-9-26(10-8-25)18(28)12-27-16(13-5-6-13)11-17(24-27)19(21,22)23/h1-4,11,13H,5-10,12H2. The molecule has 1 aliphatic heterocycles. The maximum atomic E-state index is 13.9. The number of aromatic nitrogens is 2. The number of benzene rings is 1. The first-order valence-electron chi connectivity index (χ1n) is 9.25. The number of carbonyl (C=O) groups excluding carboxylic acids is 1. The molecule has 1 aliphatic carbocycles. The van der Waals surface area contributed by atoms with Crippen molar-refractivity contribution in [3.05, 3.63) is 47.5 Å². The van der Waals surface area contributed by atoms with Crippen molar-refractivity contribution < 1.29 is 22.4 Å². The summed E-state index contributed by atoms with van der Waals surface area (Å²) in [4.78, 5) is 16.1. The lowest BCUT2D eigenvalue weighted by Crippen LogP contribution is -2.50. The zero-order chi connectivity index (χ0) is 19.9. The van der Waals surface area contributed by atoms with Crippen molar-refractivity contribution in [1.82, 2.24) is 14.7 Å². The van der Waals surface area contributed by atoms with E-state index >= 15 is 0 Å². The fourth-order valence-corrected chi connectivity index (χ4v) is 3.54. The Morgan fingerprint density at radius 3 is 2.39 bits per heavy atom. The molecule has 2 aliphatic rings. The van der Waals surface area contributed by atoms with Crippen LogP contribution in [0.5, 0.6) is 0 Å². The van der Waals surface area contributed by atoms with Crippen LogP contribution in [0.15, 0.2) is 30.3 Å². The number of para-hydroxylation sites is 1. The number of carbonyl (C=O) groups is 1. The molecule has 2 heterocycles. The highest BCUT2D eigenvalue weighted by molar-refractivity contribution is 5.76. The van der Waals surface area contributed by atoms with E-state index in [1.54, 1.807) is 23.1 Å². The van der Waals surface area contributed by atoms with Gasteiger partial charge in [0.15, 0.2) is 5.69 Å². The van der Waals surface area contributed by atoms with Crippen LogP contribution in [0.4, 0.5) is 23.2 Å². The summed E-state index contributed by atoms with van der Waals surface area (Å²) in [5.74, 6) is -0.534. The van der Waals surface area contributed by atoms with Crippen LogP contribution in [0, 0.1) is 5.82 Å². The maximum Gasteiger partial charge on any atom is 0.435 e. The third kappa shape index (κ3) is 3.83. The highest BCUT2D eigenvalue weighted by atomic mass is 19.4. The number of alkyl halides is 3. The molecule has 0 bridgehead atoms. The van der Waals surface area contributed by atoms with Gasteiger partial charge in [-0.05, 0) is 31.0 Å². The van der Waals surface area contributed by atoms with Crippen LogP contribution < -0.4 is 4.90 Å². The molecule has 150 valence electrons. The molecule has 2 fully saturated rings. The van der Waals surface area contributed by atoms with Gasteiger partial charge in [0, 0.05) is 37.8 Å². The van der Waals surface area contributed by atoms with Crippen LogP contribution in [-0.4, -0.2) is 46.8 Å². The van der Waals surface area contributed by atoms with Crippen LogP contribution in [0.1, 0.15) is 30.1 Å². The van der Waals surface area contributed by atoms with Gasteiger partial charge >= 0.3 is 6.18 Å². The van der Waals surface area contributed by atoms with Crippen LogP contribution >= 0.6 is 0 Å². The fraction of sp³-hybridized carbons (Fsp3) is 0.474. The highest BCUT2D eigenvalue weighted by Crippen LogP contribution is 2.42. The molecule has 1 aromatic carbocycles. The molecule has 4 rings (SSSR count). The Hall–Kier alpha value is -2.58. The molecule has 1 amide bonds. The van der Waals surface area contributed by atoms with Gasteiger partial charge in [0.25, 0.3) is 0 Å². The second-order valence-electron chi connectivity index (χ2n) is 7.20. The number of halogens is 4. The Kier molecular flexibility index (Phi) is 4.76. The van der Waals surface area contributed by atoms with E-state index in [2.05, 4.69) is 5.10 Å². The van der Waals surface area contributed by atoms with Crippen LogP contribution in [0.3, 0.4) is 0 Å². The van der Waals surface area contributed by atoms with Gasteiger partial charge in [-0.3, -0.25) is 9.48 Å². The second-order valence-corrected chi connectivity index (χ2v) is 7.20. The molecule has 9 heteroatoms. The molecule has 1 saturated heterocycles. The van der Waals surface area contributed by atoms with E-state index < -0.39 is 11.9 Å². The van der Waals surface area contributed by atoms with Crippen LogP contribution in [0.2, 0.25) is 0 Å². The molecule has 0 N–H and O–H groups in total. The summed E-state index contributed by atoms with van der Waals surface area (Å²) in [7, 11) is 0. The Bertz CT molecular complexity index is 867. The topological polar surface area (TPSA) is 41.4 Å². The van der Waals surface area contributed by atoms with E-state index in [1.165, 1.54) is 10.7 Å². The summed E-state index contributed by atoms with van der Waals surface area (Å²) in [6, 6.07) is 7.51. The molecule has 0 unspecified atom stereocenters. The number of anilines is 1. The van der Waals surface area contributed by atoms with E-state index in [4.69, 9.17) is 0 Å². The molecular formula is C19H20F4N4O. The summed E-state index contributed by atoms with van der Waals surface area (Å²) in [6.07, 6.45) is -2.89. The largest absolute Gasteiger partial charge is 0.435 e. The van der Waals surface area contributed by atoms with Gasteiger partial charge in [-0.15, -0.1) is 0 Å². The third-order valence-corrected chi connectivity index (χ3v) is 5.21. The zero-order valence-corrected chi connectivity index (χ0v) is 15.1. The van der Waals surface area contributed by atoms with Gasteiger partial charge in [0.2, 0.25) is 5.91 Å². The van der Waals surface area contributed by atoms with Crippen LogP contribution in [0.25, 0.3) is 0 Å². The number of nitrogens with zero attached hydrogens (tertiary/aromatic N) is 4. The SMILES string of the molecule is O=C(Cn1nc(C(F)(F)F)cc1C1CC1)N1CCN(c2ccccc2F)CC1. The first kappa shape index (κ1) is 18.8. The number of hydrogen-bond acceptors (Lipinski definition) is 3. The molecule has 1 saturated carbocycles. The molecular weight excluding hydrogens is 376 g/mol. The smallest absolute Gasteiger partial charge is 0.366 e. The Balaban J connectivity index is 1.41. The fourth-order valence-electron chi connectivity index (χ4n) is 3.54. The summed E-state index contributed by atoms with van der Waals surface area (Å²) < 4.78 is 54.1. The minimum atomic E-state index is -4.52. The number of rotatable bonds is 4. The van der Waals surface area contributed by atoms with Gasteiger partial charge in [-0.1, -0.05) is 12.1 Å². The first-order chi connectivity index (χ1) is 13.3. The van der Waals surface area contributed by atoms with E-state index in [-0.39, 0.29) is 24.2 Å². The van der Waals surface area contributed by atoms with Gasteiger partial charge in [-0.25, -0.2) is 4.39 Å². The highest BCUT2D eigenvalue weighted by Gasteiger charge is 2.38. The predicted octanol–water partition coefficient (Wildman–Crippen LogP) is 3.27. The molecule has 0 radical (unpaired) electrons. The number of piperazine rings is 1. The van der Waals surface area contributed by atoms with E-state index in [1.807, 2.05) is 4.90 Å². The minimum Gasteiger partial charge on any atom is -0.366 e. The maximum absolute atomic E-state index is 13.9. The monoisotopic (exact) mass is 396 g/mol. The molecule has 2 aromatic rings. The quantitative estimate of drug-likeness (QED) is 0.745. The van der Waals surface area contributed by atoms with Crippen molar-refractivity contribution >= 4 is 11.6 Å². The number of amides is 1. The van der Waals surface area contributed by atoms with Crippen molar-refractivity contribution in [2.24, 2.45) is 0 Å². The minimum absolute atomic E-state index is 0.0503. The molecule has 1 aromatic heterocycles. The summed E-state index contributed by atoms with van der Waals surface area (Å²) >= 11 is 0. The van der Waals surface area contributed by atoms with Gasteiger partial charge in [0.05, 0.1) is 5.69 Å². The van der Waals surface area contributed by atoms with Crippen molar-refractivity contribution in [3.8, 4) is 0 Å². The average Bonchev–Trinajstić information content (AvgIpc) is 3.41. The lowest BCUT2D eigenvalue weighted by atomic mass is 10.2. The Morgan fingerprint density at radius 2 is 1.79 bits per heavy atom. The molecule has 0 atom stereocenters. The van der Waals surface area contributed by atoms with E-state index in [9.17, 15) is 22.4 Å². The lowest BCUT2D eigenvalue weighted by molar-refractivity contribution is -0.142. The Labute approximate surface area is 159 Å². The van der Waals surface area contributed by atoms with Crippen molar-refractivity contribution in [2.45, 2.75) is 31.5 Å². The molecule has 0 spiro atoms. The normalized spacial score (nSPS) is 17.9. The van der Waals surface area contributed by atoms with Gasteiger partial charge in [0.1, 0.15) is 12.4 Å². The molecule has 5 nitrogen and oxygen atoms in total. The summed E-state index contributed by atoms with van der Waals surface area (Å²) in [5, 5.41) is 3.64. The first-order valence-corrected chi connectivity index (χ1v) is 9.25. The number of hydrogen-bond donors (Lipinski definition) is 0. The summed E-state index contributed by atoms with van der Waals surface area (Å²) in [5.41, 5.74) is 0.0183. The van der Waals surface area contributed by atoms with Gasteiger partial charge in [-0.2, -0.15) is 18.3 Å².